The van der Waals surface area contributed by atoms with Gasteiger partial charge in [-0.15, -0.1) is 0 Å². The Morgan fingerprint density at radius 1 is 1.04 bits per heavy atom. The van der Waals surface area contributed by atoms with E-state index in [1.54, 1.807) is 14.2 Å². The number of carboxylic acid groups (broad SMARTS) is 1. The minimum atomic E-state index is -0.702. The van der Waals surface area contributed by atoms with Gasteiger partial charge in [0.25, 0.3) is 0 Å². The number of rotatable bonds is 15. The highest BCUT2D eigenvalue weighted by atomic mass is 16.5. The number of ether oxygens (including phenoxy) is 3. The second-order valence-electron chi connectivity index (χ2n) is 7.38. The summed E-state index contributed by atoms with van der Waals surface area (Å²) in [5, 5.41) is 8.74. The number of carboxylic acids is 1. The minimum Gasteiger partial charge on any atom is -0.493 e. The lowest BCUT2D eigenvalue weighted by Gasteiger charge is -2.22. The van der Waals surface area contributed by atoms with Crippen LogP contribution in [0.4, 0.5) is 0 Å². The molecule has 0 aliphatic heterocycles. The molecular weight excluding hydrogens is 344 g/mol. The van der Waals surface area contributed by atoms with Crippen LogP contribution in [0, 0.1) is 11.8 Å². The van der Waals surface area contributed by atoms with E-state index in [1.807, 2.05) is 6.07 Å². The predicted octanol–water partition coefficient (Wildman–Crippen LogP) is 4.96. The van der Waals surface area contributed by atoms with E-state index in [0.717, 1.165) is 50.0 Å². The lowest BCUT2D eigenvalue weighted by Crippen LogP contribution is -2.12. The Balaban J connectivity index is 2.62. The van der Waals surface area contributed by atoms with Crippen molar-refractivity contribution in [1.29, 1.82) is 0 Å². The van der Waals surface area contributed by atoms with E-state index in [-0.39, 0.29) is 6.42 Å². The number of aliphatic carboxylic acids is 1. The van der Waals surface area contributed by atoms with Gasteiger partial charge in [-0.25, -0.2) is 0 Å². The molecule has 0 spiro atoms. The Labute approximate surface area is 164 Å². The first-order chi connectivity index (χ1) is 13.0. The van der Waals surface area contributed by atoms with E-state index in [0.29, 0.717) is 25.0 Å². The Kier molecular flexibility index (Phi) is 11.6. The smallest absolute Gasteiger partial charge is 0.303 e. The summed E-state index contributed by atoms with van der Waals surface area (Å²) in [5.41, 5.74) is 1.25. The number of methoxy groups -OCH3 is 2. The van der Waals surface area contributed by atoms with Crippen LogP contribution in [-0.2, 0) is 16.0 Å². The highest BCUT2D eigenvalue weighted by molar-refractivity contribution is 5.66. The lowest BCUT2D eigenvalue weighted by molar-refractivity contribution is -0.137. The number of hydrogen-bond donors (Lipinski definition) is 1. The van der Waals surface area contributed by atoms with Gasteiger partial charge in [0, 0.05) is 26.6 Å². The van der Waals surface area contributed by atoms with E-state index in [1.165, 1.54) is 5.56 Å². The molecule has 154 valence electrons. The van der Waals surface area contributed by atoms with Crippen molar-refractivity contribution >= 4 is 5.97 Å². The van der Waals surface area contributed by atoms with Crippen molar-refractivity contribution in [1.82, 2.24) is 0 Å². The van der Waals surface area contributed by atoms with E-state index in [4.69, 9.17) is 19.3 Å². The standard InChI is InChI=1S/C22H36O5/c1-17(2)19(9-6-5-7-10-22(23)24)15-18-11-12-20(26-4)21(16-18)27-14-8-13-25-3/h11-12,16-17,19H,5-10,13-15H2,1-4H3,(H,23,24). The average Bonchev–Trinajstić information content (AvgIpc) is 2.63. The molecule has 0 bridgehead atoms. The van der Waals surface area contributed by atoms with Gasteiger partial charge >= 0.3 is 5.97 Å². The van der Waals surface area contributed by atoms with Gasteiger partial charge in [-0.1, -0.05) is 32.8 Å². The molecule has 1 rings (SSSR count). The summed E-state index contributed by atoms with van der Waals surface area (Å²) in [7, 11) is 3.35. The quantitative estimate of drug-likeness (QED) is 0.436. The Bertz CT molecular complexity index is 542. The van der Waals surface area contributed by atoms with Crippen molar-refractivity contribution in [2.75, 3.05) is 27.4 Å². The van der Waals surface area contributed by atoms with E-state index in [2.05, 4.69) is 26.0 Å². The van der Waals surface area contributed by atoms with Crippen molar-refractivity contribution in [2.24, 2.45) is 11.8 Å². The van der Waals surface area contributed by atoms with E-state index < -0.39 is 5.97 Å². The van der Waals surface area contributed by atoms with Crippen LogP contribution in [0.15, 0.2) is 18.2 Å². The molecule has 0 saturated heterocycles. The van der Waals surface area contributed by atoms with Crippen LogP contribution >= 0.6 is 0 Å². The van der Waals surface area contributed by atoms with Crippen LogP contribution in [0.2, 0.25) is 0 Å². The first-order valence-corrected chi connectivity index (χ1v) is 9.98. The van der Waals surface area contributed by atoms with Gasteiger partial charge in [-0.05, 0) is 48.8 Å². The summed E-state index contributed by atoms with van der Waals surface area (Å²) in [6.45, 7) is 5.80. The second-order valence-corrected chi connectivity index (χ2v) is 7.38. The van der Waals surface area contributed by atoms with Gasteiger partial charge in [0.05, 0.1) is 13.7 Å². The third kappa shape index (κ3) is 9.66. The maximum Gasteiger partial charge on any atom is 0.303 e. The van der Waals surface area contributed by atoms with Crippen molar-refractivity contribution in [3.8, 4) is 11.5 Å². The fourth-order valence-corrected chi connectivity index (χ4v) is 3.18. The summed E-state index contributed by atoms with van der Waals surface area (Å²) < 4.78 is 16.4. The summed E-state index contributed by atoms with van der Waals surface area (Å²) in [5.74, 6) is 2.00. The maximum absolute atomic E-state index is 10.6. The van der Waals surface area contributed by atoms with Gasteiger partial charge in [-0.2, -0.15) is 0 Å². The first-order valence-electron chi connectivity index (χ1n) is 9.98. The first kappa shape index (κ1) is 23.3. The molecular formula is C22H36O5. The monoisotopic (exact) mass is 380 g/mol. The van der Waals surface area contributed by atoms with Crippen molar-refractivity contribution < 1.29 is 24.1 Å². The van der Waals surface area contributed by atoms with Gasteiger partial charge in [0.1, 0.15) is 0 Å². The van der Waals surface area contributed by atoms with Gasteiger partial charge in [0.15, 0.2) is 11.5 Å². The Morgan fingerprint density at radius 3 is 2.44 bits per heavy atom. The van der Waals surface area contributed by atoms with Crippen LogP contribution in [0.3, 0.4) is 0 Å². The van der Waals surface area contributed by atoms with E-state index >= 15 is 0 Å². The maximum atomic E-state index is 10.6. The molecule has 5 nitrogen and oxygen atoms in total. The predicted molar refractivity (Wildman–Crippen MR) is 108 cm³/mol. The lowest BCUT2D eigenvalue weighted by atomic mass is 9.85. The van der Waals surface area contributed by atoms with E-state index in [9.17, 15) is 4.79 Å². The van der Waals surface area contributed by atoms with Crippen molar-refractivity contribution in [3.63, 3.8) is 0 Å². The third-order valence-corrected chi connectivity index (χ3v) is 4.88. The zero-order valence-corrected chi connectivity index (χ0v) is 17.3. The van der Waals surface area contributed by atoms with Crippen LogP contribution in [0.25, 0.3) is 0 Å². The molecule has 1 unspecified atom stereocenters. The van der Waals surface area contributed by atoms with Crippen LogP contribution in [0.1, 0.15) is 57.9 Å². The molecule has 0 fully saturated rings. The molecule has 1 aromatic carbocycles. The molecule has 27 heavy (non-hydrogen) atoms. The average molecular weight is 381 g/mol. The molecule has 1 aromatic rings. The van der Waals surface area contributed by atoms with Gasteiger partial charge < -0.3 is 19.3 Å². The second kappa shape index (κ2) is 13.4. The number of carbonyl (C=O) groups is 1. The van der Waals surface area contributed by atoms with Gasteiger partial charge in [0.2, 0.25) is 0 Å². The Hall–Kier alpha value is -1.75. The molecule has 5 heteroatoms. The zero-order chi connectivity index (χ0) is 20.1. The SMILES string of the molecule is COCCCOc1cc(CC(CCCCCC(=O)O)C(C)C)ccc1OC. The molecule has 1 atom stereocenters. The molecule has 0 aromatic heterocycles. The molecule has 0 radical (unpaired) electrons. The topological polar surface area (TPSA) is 65.0 Å². The fourth-order valence-electron chi connectivity index (χ4n) is 3.18. The minimum absolute atomic E-state index is 0.272. The molecule has 1 N–H and O–H groups in total. The summed E-state index contributed by atoms with van der Waals surface area (Å²) in [6.07, 6.45) is 6.05. The third-order valence-electron chi connectivity index (χ3n) is 4.88. The highest BCUT2D eigenvalue weighted by Crippen LogP contribution is 2.31. The van der Waals surface area contributed by atoms with Crippen LogP contribution in [0.5, 0.6) is 11.5 Å². The number of hydrogen-bond acceptors (Lipinski definition) is 4. The number of benzene rings is 1. The molecule has 0 heterocycles. The van der Waals surface area contributed by atoms with Crippen LogP contribution in [-0.4, -0.2) is 38.5 Å². The summed E-state index contributed by atoms with van der Waals surface area (Å²) in [6, 6.07) is 6.18. The highest BCUT2D eigenvalue weighted by Gasteiger charge is 2.16. The zero-order valence-electron chi connectivity index (χ0n) is 17.3. The fraction of sp³-hybridized carbons (Fsp3) is 0.682. The van der Waals surface area contributed by atoms with Crippen molar-refractivity contribution in [3.05, 3.63) is 23.8 Å². The molecule has 0 aliphatic rings. The van der Waals surface area contributed by atoms with Crippen molar-refractivity contribution in [2.45, 2.75) is 58.8 Å². The Morgan fingerprint density at radius 2 is 1.81 bits per heavy atom. The molecule has 0 aliphatic carbocycles. The van der Waals surface area contributed by atoms with Gasteiger partial charge in [-0.3, -0.25) is 4.79 Å². The summed E-state index contributed by atoms with van der Waals surface area (Å²) in [4.78, 5) is 10.6. The molecule has 0 amide bonds. The largest absolute Gasteiger partial charge is 0.493 e. The number of unbranched alkanes of at least 4 members (excludes halogenated alkanes) is 2. The van der Waals surface area contributed by atoms with Crippen LogP contribution < -0.4 is 9.47 Å². The normalized spacial score (nSPS) is 12.2. The molecule has 0 saturated carbocycles. The summed E-state index contributed by atoms with van der Waals surface area (Å²) >= 11 is 0.